The highest BCUT2D eigenvalue weighted by Gasteiger charge is 2.11. The van der Waals surface area contributed by atoms with Gasteiger partial charge in [-0.25, -0.2) is 8.78 Å². The first-order valence-corrected chi connectivity index (χ1v) is 2.94. The van der Waals surface area contributed by atoms with Crippen LogP contribution in [0.15, 0.2) is 18.3 Å². The van der Waals surface area contributed by atoms with E-state index < -0.39 is 6.43 Å². The van der Waals surface area contributed by atoms with E-state index in [-0.39, 0.29) is 11.3 Å². The van der Waals surface area contributed by atoms with E-state index in [1.807, 2.05) is 0 Å². The van der Waals surface area contributed by atoms with Crippen molar-refractivity contribution in [3.05, 3.63) is 29.6 Å². The quantitative estimate of drug-likeness (QED) is 0.613. The van der Waals surface area contributed by atoms with Crippen molar-refractivity contribution >= 4 is 6.29 Å². The molecular formula is C7H5F2NO. The van der Waals surface area contributed by atoms with E-state index in [0.717, 1.165) is 0 Å². The highest BCUT2D eigenvalue weighted by atomic mass is 19.3. The predicted octanol–water partition coefficient (Wildman–Crippen LogP) is 1.83. The van der Waals surface area contributed by atoms with E-state index in [4.69, 9.17) is 0 Å². The Labute approximate surface area is 61.9 Å². The Morgan fingerprint density at radius 3 is 2.73 bits per heavy atom. The van der Waals surface area contributed by atoms with Gasteiger partial charge in [-0.15, -0.1) is 0 Å². The van der Waals surface area contributed by atoms with Crippen LogP contribution < -0.4 is 0 Å². The number of hydrogen-bond donors (Lipinski definition) is 0. The van der Waals surface area contributed by atoms with E-state index in [9.17, 15) is 13.6 Å². The van der Waals surface area contributed by atoms with Crippen LogP contribution >= 0.6 is 0 Å². The lowest BCUT2D eigenvalue weighted by Crippen LogP contribution is -1.95. The number of nitrogens with zero attached hydrogens (tertiary/aromatic N) is 1. The van der Waals surface area contributed by atoms with Gasteiger partial charge in [-0.3, -0.25) is 9.78 Å². The zero-order chi connectivity index (χ0) is 8.27. The molecule has 0 unspecified atom stereocenters. The first-order chi connectivity index (χ1) is 5.25. The molecule has 0 atom stereocenters. The van der Waals surface area contributed by atoms with Gasteiger partial charge in [0.1, 0.15) is 5.69 Å². The lowest BCUT2D eigenvalue weighted by molar-refractivity contribution is 0.110. The predicted molar refractivity (Wildman–Crippen MR) is 34.6 cm³/mol. The molecule has 0 saturated carbocycles. The van der Waals surface area contributed by atoms with Crippen molar-refractivity contribution in [1.82, 2.24) is 4.98 Å². The van der Waals surface area contributed by atoms with Crippen LogP contribution in [-0.2, 0) is 0 Å². The molecular weight excluding hydrogens is 152 g/mol. The Hall–Kier alpha value is -1.32. The minimum atomic E-state index is -2.64. The summed E-state index contributed by atoms with van der Waals surface area (Å²) in [5, 5.41) is 0. The van der Waals surface area contributed by atoms with Crippen LogP contribution in [0, 0.1) is 0 Å². The van der Waals surface area contributed by atoms with Gasteiger partial charge in [-0.05, 0) is 12.1 Å². The van der Waals surface area contributed by atoms with E-state index in [1.54, 1.807) is 0 Å². The number of alkyl halides is 2. The van der Waals surface area contributed by atoms with Gasteiger partial charge < -0.3 is 0 Å². The summed E-state index contributed by atoms with van der Waals surface area (Å²) in [5.41, 5.74) is -0.509. The molecule has 1 rings (SSSR count). The SMILES string of the molecule is O=Cc1ncccc1C(F)F. The number of aldehydes is 1. The number of aromatic nitrogens is 1. The van der Waals surface area contributed by atoms with Crippen molar-refractivity contribution in [3.63, 3.8) is 0 Å². The number of pyridine rings is 1. The van der Waals surface area contributed by atoms with Crippen molar-refractivity contribution in [2.24, 2.45) is 0 Å². The molecule has 0 aliphatic carbocycles. The summed E-state index contributed by atoms with van der Waals surface area (Å²) in [7, 11) is 0. The number of hydrogen-bond acceptors (Lipinski definition) is 2. The van der Waals surface area contributed by atoms with Crippen LogP contribution in [0.4, 0.5) is 8.78 Å². The first-order valence-electron chi connectivity index (χ1n) is 2.94. The Bertz CT molecular complexity index is 262. The van der Waals surface area contributed by atoms with Crippen LogP contribution in [-0.4, -0.2) is 11.3 Å². The zero-order valence-electron chi connectivity index (χ0n) is 5.50. The molecule has 0 fully saturated rings. The number of carbonyl (C=O) groups is 1. The average Bonchev–Trinajstić information content (AvgIpc) is 2.04. The van der Waals surface area contributed by atoms with Crippen molar-refractivity contribution in [3.8, 4) is 0 Å². The van der Waals surface area contributed by atoms with Gasteiger partial charge in [0.05, 0.1) is 0 Å². The maximum atomic E-state index is 12.0. The number of rotatable bonds is 2. The maximum absolute atomic E-state index is 12.0. The minimum absolute atomic E-state index is 0.192. The van der Waals surface area contributed by atoms with Gasteiger partial charge in [0, 0.05) is 11.8 Å². The third-order valence-electron chi connectivity index (χ3n) is 1.22. The molecule has 1 aromatic heterocycles. The summed E-state index contributed by atoms with van der Waals surface area (Å²) >= 11 is 0. The molecule has 4 heteroatoms. The molecule has 0 radical (unpaired) electrons. The monoisotopic (exact) mass is 157 g/mol. The molecule has 0 bridgehead atoms. The number of halogens is 2. The summed E-state index contributed by atoms with van der Waals surface area (Å²) in [4.78, 5) is 13.6. The highest BCUT2D eigenvalue weighted by molar-refractivity contribution is 5.74. The topological polar surface area (TPSA) is 30.0 Å². The molecule has 11 heavy (non-hydrogen) atoms. The second-order valence-corrected chi connectivity index (χ2v) is 1.90. The summed E-state index contributed by atoms with van der Waals surface area (Å²) in [6.07, 6.45) is -1.01. The third-order valence-corrected chi connectivity index (χ3v) is 1.22. The standard InChI is InChI=1S/C7H5F2NO/c8-7(9)5-2-1-3-10-6(5)4-11/h1-4,7H. The van der Waals surface area contributed by atoms with Crippen molar-refractivity contribution in [2.45, 2.75) is 6.43 Å². The third kappa shape index (κ3) is 1.58. The molecule has 0 saturated heterocycles. The molecule has 2 nitrogen and oxygen atoms in total. The van der Waals surface area contributed by atoms with Crippen molar-refractivity contribution < 1.29 is 13.6 Å². The molecule has 0 spiro atoms. The van der Waals surface area contributed by atoms with E-state index in [1.165, 1.54) is 18.3 Å². The fourth-order valence-electron chi connectivity index (χ4n) is 0.713. The largest absolute Gasteiger partial charge is 0.296 e. The van der Waals surface area contributed by atoms with Crippen LogP contribution in [0.25, 0.3) is 0 Å². The molecule has 1 aromatic rings. The Kier molecular flexibility index (Phi) is 2.25. The molecule has 0 aromatic carbocycles. The molecule has 0 N–H and O–H groups in total. The van der Waals surface area contributed by atoms with Crippen LogP contribution in [0.5, 0.6) is 0 Å². The van der Waals surface area contributed by atoms with Crippen LogP contribution in [0.1, 0.15) is 22.5 Å². The molecule has 58 valence electrons. The highest BCUT2D eigenvalue weighted by Crippen LogP contribution is 2.19. The van der Waals surface area contributed by atoms with E-state index in [2.05, 4.69) is 4.98 Å². The van der Waals surface area contributed by atoms with E-state index in [0.29, 0.717) is 6.29 Å². The minimum Gasteiger partial charge on any atom is -0.296 e. The maximum Gasteiger partial charge on any atom is 0.266 e. The zero-order valence-corrected chi connectivity index (χ0v) is 5.50. The second-order valence-electron chi connectivity index (χ2n) is 1.90. The van der Waals surface area contributed by atoms with Crippen LogP contribution in [0.2, 0.25) is 0 Å². The molecule has 0 aliphatic rings. The fourth-order valence-corrected chi connectivity index (χ4v) is 0.713. The lowest BCUT2D eigenvalue weighted by Gasteiger charge is -1.99. The first kappa shape index (κ1) is 7.78. The van der Waals surface area contributed by atoms with Crippen molar-refractivity contribution in [2.75, 3.05) is 0 Å². The number of carbonyl (C=O) groups excluding carboxylic acids is 1. The summed E-state index contributed by atoms with van der Waals surface area (Å²) in [6.45, 7) is 0. The summed E-state index contributed by atoms with van der Waals surface area (Å²) in [6, 6.07) is 2.55. The Morgan fingerprint density at radius 1 is 1.55 bits per heavy atom. The van der Waals surface area contributed by atoms with E-state index >= 15 is 0 Å². The Balaban J connectivity index is 3.12. The molecule has 0 amide bonds. The lowest BCUT2D eigenvalue weighted by atomic mass is 10.2. The summed E-state index contributed by atoms with van der Waals surface area (Å²) < 4.78 is 24.0. The van der Waals surface area contributed by atoms with Gasteiger partial charge >= 0.3 is 0 Å². The van der Waals surface area contributed by atoms with Gasteiger partial charge in [-0.1, -0.05) is 0 Å². The molecule has 1 heterocycles. The van der Waals surface area contributed by atoms with Gasteiger partial charge in [-0.2, -0.15) is 0 Å². The Morgan fingerprint density at radius 2 is 2.27 bits per heavy atom. The van der Waals surface area contributed by atoms with Gasteiger partial charge in [0.25, 0.3) is 6.43 Å². The van der Waals surface area contributed by atoms with Gasteiger partial charge in [0.2, 0.25) is 0 Å². The normalized spacial score (nSPS) is 10.1. The van der Waals surface area contributed by atoms with Gasteiger partial charge in [0.15, 0.2) is 6.29 Å². The summed E-state index contributed by atoms with van der Waals surface area (Å²) in [5.74, 6) is 0. The molecule has 0 aliphatic heterocycles. The fraction of sp³-hybridized carbons (Fsp3) is 0.143. The average molecular weight is 157 g/mol. The van der Waals surface area contributed by atoms with Crippen molar-refractivity contribution in [1.29, 1.82) is 0 Å². The second kappa shape index (κ2) is 3.18. The van der Waals surface area contributed by atoms with Crippen LogP contribution in [0.3, 0.4) is 0 Å². The smallest absolute Gasteiger partial charge is 0.266 e.